The van der Waals surface area contributed by atoms with E-state index in [1.165, 1.54) is 12.8 Å². The van der Waals surface area contributed by atoms with Crippen molar-refractivity contribution in [1.29, 1.82) is 0 Å². The lowest BCUT2D eigenvalue weighted by Gasteiger charge is -2.35. The van der Waals surface area contributed by atoms with Gasteiger partial charge in [-0.25, -0.2) is 14.4 Å². The predicted octanol–water partition coefficient (Wildman–Crippen LogP) is 1.80. The second-order valence-corrected chi connectivity index (χ2v) is 5.44. The molecule has 1 N–H and O–H groups in total. The van der Waals surface area contributed by atoms with Gasteiger partial charge in [0.25, 0.3) is 0 Å². The molecule has 0 amide bonds. The molecule has 1 saturated carbocycles. The van der Waals surface area contributed by atoms with Crippen LogP contribution in [0.3, 0.4) is 0 Å². The van der Waals surface area contributed by atoms with Crippen molar-refractivity contribution in [2.24, 2.45) is 0 Å². The van der Waals surface area contributed by atoms with Crippen LogP contribution in [0.1, 0.15) is 19.3 Å². The summed E-state index contributed by atoms with van der Waals surface area (Å²) in [6.07, 6.45) is 5.40. The van der Waals surface area contributed by atoms with Crippen LogP contribution in [-0.4, -0.2) is 41.3 Å². The number of alkyl halides is 1. The van der Waals surface area contributed by atoms with E-state index in [4.69, 9.17) is 11.6 Å². The molecule has 1 aliphatic carbocycles. The summed E-state index contributed by atoms with van der Waals surface area (Å²) >= 11 is 5.74. The molecule has 0 unspecified atom stereocenters. The molecule has 1 aliphatic heterocycles. The molecule has 2 aliphatic rings. The fourth-order valence-electron chi connectivity index (χ4n) is 2.30. The molecular weight excluding hydrogens is 255 g/mol. The molecule has 4 nitrogen and oxygen atoms in total. The molecule has 0 aromatic carbocycles. The lowest BCUT2D eigenvalue weighted by Crippen LogP contribution is -2.51. The SMILES string of the molecule is F[C@H]1CN(c2ncc(Cl)cn2)CC[C@H]1NC1CC1. The number of nitrogens with one attached hydrogen (secondary N) is 1. The summed E-state index contributed by atoms with van der Waals surface area (Å²) in [7, 11) is 0. The van der Waals surface area contributed by atoms with Crippen molar-refractivity contribution in [3.8, 4) is 0 Å². The Balaban J connectivity index is 1.61. The molecule has 2 heterocycles. The predicted molar refractivity (Wildman–Crippen MR) is 68.7 cm³/mol. The van der Waals surface area contributed by atoms with Crippen molar-refractivity contribution in [1.82, 2.24) is 15.3 Å². The van der Waals surface area contributed by atoms with Crippen LogP contribution in [0.4, 0.5) is 10.3 Å². The maximum absolute atomic E-state index is 14.1. The van der Waals surface area contributed by atoms with E-state index in [0.29, 0.717) is 23.6 Å². The molecule has 6 heteroatoms. The number of nitrogens with zero attached hydrogens (tertiary/aromatic N) is 3. The van der Waals surface area contributed by atoms with Gasteiger partial charge in [-0.3, -0.25) is 0 Å². The quantitative estimate of drug-likeness (QED) is 0.909. The lowest BCUT2D eigenvalue weighted by atomic mass is 10.0. The van der Waals surface area contributed by atoms with E-state index in [0.717, 1.165) is 13.0 Å². The van der Waals surface area contributed by atoms with Gasteiger partial charge in [-0.05, 0) is 19.3 Å². The summed E-state index contributed by atoms with van der Waals surface area (Å²) < 4.78 is 14.1. The molecule has 0 bridgehead atoms. The highest BCUT2D eigenvalue weighted by Gasteiger charge is 2.34. The van der Waals surface area contributed by atoms with Crippen molar-refractivity contribution >= 4 is 17.5 Å². The highest BCUT2D eigenvalue weighted by Crippen LogP contribution is 2.24. The number of piperidine rings is 1. The van der Waals surface area contributed by atoms with Gasteiger partial charge in [-0.15, -0.1) is 0 Å². The van der Waals surface area contributed by atoms with E-state index in [2.05, 4.69) is 15.3 Å². The lowest BCUT2D eigenvalue weighted by molar-refractivity contribution is 0.217. The zero-order chi connectivity index (χ0) is 12.5. The van der Waals surface area contributed by atoms with Gasteiger partial charge in [0, 0.05) is 18.6 Å². The average Bonchev–Trinajstić information content (AvgIpc) is 3.17. The topological polar surface area (TPSA) is 41.1 Å². The Morgan fingerprint density at radius 3 is 2.61 bits per heavy atom. The minimum absolute atomic E-state index is 0.0129. The second kappa shape index (κ2) is 4.97. The normalized spacial score (nSPS) is 28.4. The first-order chi connectivity index (χ1) is 8.72. The molecule has 1 aromatic heterocycles. The summed E-state index contributed by atoms with van der Waals surface area (Å²) in [6, 6.07) is 0.535. The number of halogens is 2. The highest BCUT2D eigenvalue weighted by atomic mass is 35.5. The van der Waals surface area contributed by atoms with Gasteiger partial charge in [0.05, 0.1) is 24.0 Å². The zero-order valence-corrected chi connectivity index (χ0v) is 10.8. The third-order valence-corrected chi connectivity index (χ3v) is 3.65. The minimum Gasteiger partial charge on any atom is -0.338 e. The average molecular weight is 271 g/mol. The summed E-state index contributed by atoms with van der Waals surface area (Å²) in [5.41, 5.74) is 0. The van der Waals surface area contributed by atoms with Crippen LogP contribution in [0.15, 0.2) is 12.4 Å². The van der Waals surface area contributed by atoms with E-state index < -0.39 is 6.17 Å². The molecule has 2 fully saturated rings. The van der Waals surface area contributed by atoms with Gasteiger partial charge in [-0.2, -0.15) is 0 Å². The molecule has 1 saturated heterocycles. The largest absolute Gasteiger partial charge is 0.338 e. The molecule has 0 radical (unpaired) electrons. The van der Waals surface area contributed by atoms with E-state index >= 15 is 0 Å². The highest BCUT2D eigenvalue weighted by molar-refractivity contribution is 6.30. The Morgan fingerprint density at radius 2 is 2.00 bits per heavy atom. The van der Waals surface area contributed by atoms with Crippen LogP contribution in [0, 0.1) is 0 Å². The van der Waals surface area contributed by atoms with Crippen LogP contribution in [0.25, 0.3) is 0 Å². The van der Waals surface area contributed by atoms with Crippen LogP contribution >= 0.6 is 11.6 Å². The van der Waals surface area contributed by atoms with Gasteiger partial charge in [0.15, 0.2) is 0 Å². The van der Waals surface area contributed by atoms with E-state index in [9.17, 15) is 4.39 Å². The Labute approximate surface area is 111 Å². The van der Waals surface area contributed by atoms with Crippen LogP contribution in [-0.2, 0) is 0 Å². The first-order valence-corrected chi connectivity index (χ1v) is 6.73. The van der Waals surface area contributed by atoms with Crippen molar-refractivity contribution in [3.05, 3.63) is 17.4 Å². The maximum Gasteiger partial charge on any atom is 0.225 e. The molecule has 98 valence electrons. The van der Waals surface area contributed by atoms with Crippen LogP contribution in [0.2, 0.25) is 5.02 Å². The number of aromatic nitrogens is 2. The Bertz CT molecular complexity index is 409. The van der Waals surface area contributed by atoms with Gasteiger partial charge < -0.3 is 10.2 Å². The summed E-state index contributed by atoms with van der Waals surface area (Å²) in [6.45, 7) is 1.14. The van der Waals surface area contributed by atoms with Gasteiger partial charge in [0.1, 0.15) is 6.17 Å². The van der Waals surface area contributed by atoms with E-state index in [-0.39, 0.29) is 6.04 Å². The van der Waals surface area contributed by atoms with Crippen molar-refractivity contribution in [3.63, 3.8) is 0 Å². The Hall–Kier alpha value is -0.940. The monoisotopic (exact) mass is 270 g/mol. The number of hydrogen-bond acceptors (Lipinski definition) is 4. The van der Waals surface area contributed by atoms with Crippen molar-refractivity contribution < 1.29 is 4.39 Å². The standard InChI is InChI=1S/C12H16ClFN4/c13-8-5-15-12(16-6-8)18-4-3-11(10(14)7-18)17-9-1-2-9/h5-6,9-11,17H,1-4,7H2/t10-,11+/m0/s1. The van der Waals surface area contributed by atoms with Gasteiger partial charge >= 0.3 is 0 Å². The van der Waals surface area contributed by atoms with Crippen molar-refractivity contribution in [2.75, 3.05) is 18.0 Å². The van der Waals surface area contributed by atoms with Crippen LogP contribution in [0.5, 0.6) is 0 Å². The molecule has 3 rings (SSSR count). The Kier molecular flexibility index (Phi) is 3.35. The van der Waals surface area contributed by atoms with E-state index in [1.54, 1.807) is 12.4 Å². The van der Waals surface area contributed by atoms with Crippen LogP contribution < -0.4 is 10.2 Å². The second-order valence-electron chi connectivity index (χ2n) is 5.00. The summed E-state index contributed by atoms with van der Waals surface area (Å²) in [4.78, 5) is 10.1. The fraction of sp³-hybridized carbons (Fsp3) is 0.667. The fourth-order valence-corrected chi connectivity index (χ4v) is 2.39. The number of anilines is 1. The molecule has 0 spiro atoms. The minimum atomic E-state index is -0.862. The Morgan fingerprint density at radius 1 is 1.28 bits per heavy atom. The van der Waals surface area contributed by atoms with E-state index in [1.807, 2.05) is 4.90 Å². The first kappa shape index (κ1) is 12.1. The third kappa shape index (κ3) is 2.72. The zero-order valence-electron chi connectivity index (χ0n) is 10.0. The molecule has 1 aromatic rings. The third-order valence-electron chi connectivity index (χ3n) is 3.46. The van der Waals surface area contributed by atoms with Crippen molar-refractivity contribution in [2.45, 2.75) is 37.5 Å². The molecular formula is C12H16ClFN4. The number of rotatable bonds is 3. The van der Waals surface area contributed by atoms with Gasteiger partial charge in [0.2, 0.25) is 5.95 Å². The molecule has 2 atom stereocenters. The summed E-state index contributed by atoms with van der Waals surface area (Å²) in [5.74, 6) is 0.562. The molecule has 18 heavy (non-hydrogen) atoms. The van der Waals surface area contributed by atoms with Gasteiger partial charge in [-0.1, -0.05) is 11.6 Å². The smallest absolute Gasteiger partial charge is 0.225 e. The first-order valence-electron chi connectivity index (χ1n) is 6.35. The maximum atomic E-state index is 14.1. The number of hydrogen-bond donors (Lipinski definition) is 1. The summed E-state index contributed by atoms with van der Waals surface area (Å²) in [5, 5.41) is 3.86.